The molecule has 0 radical (unpaired) electrons. The molecule has 1 amide bonds. The van der Waals surface area contributed by atoms with Crippen molar-refractivity contribution < 1.29 is 18.3 Å². The van der Waals surface area contributed by atoms with Gasteiger partial charge in [0, 0.05) is 12.1 Å². The fraction of sp³-hybridized carbons (Fsp3) is 0.929. The Labute approximate surface area is 125 Å². The number of alkyl halides is 2. The zero-order chi connectivity index (χ0) is 16.1. The van der Waals surface area contributed by atoms with Gasteiger partial charge >= 0.3 is 6.09 Å². The van der Waals surface area contributed by atoms with Gasteiger partial charge in [0.1, 0.15) is 5.60 Å². The summed E-state index contributed by atoms with van der Waals surface area (Å²) in [4.78, 5) is 11.3. The molecule has 1 fully saturated rings. The van der Waals surface area contributed by atoms with E-state index in [4.69, 9.17) is 10.5 Å². The van der Waals surface area contributed by atoms with Gasteiger partial charge in [-0.15, -0.1) is 0 Å². The fourth-order valence-electron chi connectivity index (χ4n) is 2.20. The highest BCUT2D eigenvalue weighted by Crippen LogP contribution is 2.18. The Morgan fingerprint density at radius 2 is 1.76 bits per heavy atom. The average molecular weight is 307 g/mol. The second-order valence-corrected chi connectivity index (χ2v) is 6.70. The SMILES string of the molecule is CC(C)(C)OC(=O)NCC(F)(F)CNC1CCC(N)CC1. The van der Waals surface area contributed by atoms with E-state index in [1.807, 2.05) is 0 Å². The summed E-state index contributed by atoms with van der Waals surface area (Å²) in [5.41, 5.74) is 5.08. The fourth-order valence-corrected chi connectivity index (χ4v) is 2.20. The number of carbonyl (C=O) groups is 1. The molecule has 1 aliphatic carbocycles. The molecule has 0 spiro atoms. The first-order valence-electron chi connectivity index (χ1n) is 7.41. The predicted molar refractivity (Wildman–Crippen MR) is 77.4 cm³/mol. The Kier molecular flexibility index (Phi) is 6.34. The van der Waals surface area contributed by atoms with Crippen molar-refractivity contribution in [2.24, 2.45) is 5.73 Å². The molecule has 7 heteroatoms. The van der Waals surface area contributed by atoms with Crippen molar-refractivity contribution in [3.05, 3.63) is 0 Å². The highest BCUT2D eigenvalue weighted by molar-refractivity contribution is 5.67. The van der Waals surface area contributed by atoms with Gasteiger partial charge < -0.3 is 21.1 Å². The maximum absolute atomic E-state index is 13.7. The summed E-state index contributed by atoms with van der Waals surface area (Å²) >= 11 is 0. The third kappa shape index (κ3) is 8.16. The number of halogens is 2. The van der Waals surface area contributed by atoms with Crippen molar-refractivity contribution >= 4 is 6.09 Å². The first-order chi connectivity index (χ1) is 9.57. The number of ether oxygens (including phenoxy) is 1. The van der Waals surface area contributed by atoms with Crippen LogP contribution in [0.25, 0.3) is 0 Å². The number of carbonyl (C=O) groups excluding carboxylic acids is 1. The summed E-state index contributed by atoms with van der Waals surface area (Å²) in [7, 11) is 0. The van der Waals surface area contributed by atoms with Gasteiger partial charge in [0.25, 0.3) is 5.92 Å². The smallest absolute Gasteiger partial charge is 0.407 e. The van der Waals surface area contributed by atoms with Crippen LogP contribution < -0.4 is 16.4 Å². The molecule has 0 unspecified atom stereocenters. The number of hydrogen-bond donors (Lipinski definition) is 3. The van der Waals surface area contributed by atoms with Gasteiger partial charge in [-0.1, -0.05) is 0 Å². The summed E-state index contributed by atoms with van der Waals surface area (Å²) < 4.78 is 32.3. The molecule has 0 aromatic carbocycles. The summed E-state index contributed by atoms with van der Waals surface area (Å²) in [6.45, 7) is 3.85. The number of hydrogen-bond acceptors (Lipinski definition) is 4. The molecule has 0 aromatic rings. The van der Waals surface area contributed by atoms with Gasteiger partial charge in [-0.25, -0.2) is 13.6 Å². The lowest BCUT2D eigenvalue weighted by Crippen LogP contribution is -2.48. The molecule has 1 aliphatic rings. The van der Waals surface area contributed by atoms with Gasteiger partial charge in [0.05, 0.1) is 13.1 Å². The lowest BCUT2D eigenvalue weighted by molar-refractivity contribution is -0.00649. The molecule has 0 bridgehead atoms. The third-order valence-corrected chi connectivity index (χ3v) is 3.31. The Morgan fingerprint density at radius 1 is 1.19 bits per heavy atom. The van der Waals surface area contributed by atoms with Crippen molar-refractivity contribution in [1.29, 1.82) is 0 Å². The van der Waals surface area contributed by atoms with E-state index in [2.05, 4.69) is 10.6 Å². The zero-order valence-electron chi connectivity index (χ0n) is 13.0. The summed E-state index contributed by atoms with van der Waals surface area (Å²) in [6.07, 6.45) is 2.53. The molecular formula is C14H27F2N3O2. The normalized spacial score (nSPS) is 23.7. The standard InChI is InChI=1S/C14H27F2N3O2/c1-13(2,3)21-12(20)19-9-14(15,16)8-18-11-6-4-10(17)5-7-11/h10-11,18H,4-9,17H2,1-3H3,(H,19,20). The van der Waals surface area contributed by atoms with Crippen LogP contribution in [0.4, 0.5) is 13.6 Å². The molecule has 0 atom stereocenters. The molecule has 1 rings (SSSR count). The number of amides is 1. The second-order valence-electron chi connectivity index (χ2n) is 6.70. The molecule has 0 heterocycles. The summed E-state index contributed by atoms with van der Waals surface area (Å²) in [5, 5.41) is 4.96. The van der Waals surface area contributed by atoms with Crippen LogP contribution in [0.2, 0.25) is 0 Å². The van der Waals surface area contributed by atoms with E-state index in [0.29, 0.717) is 0 Å². The number of nitrogens with one attached hydrogen (secondary N) is 2. The Hall–Kier alpha value is -0.950. The first-order valence-corrected chi connectivity index (χ1v) is 7.41. The van der Waals surface area contributed by atoms with Gasteiger partial charge in [-0.05, 0) is 46.5 Å². The minimum Gasteiger partial charge on any atom is -0.444 e. The molecule has 1 saturated carbocycles. The molecular weight excluding hydrogens is 280 g/mol. The monoisotopic (exact) mass is 307 g/mol. The predicted octanol–water partition coefficient (Wildman–Crippen LogP) is 2.01. The molecule has 0 aromatic heterocycles. The molecule has 124 valence electrons. The second kappa shape index (κ2) is 7.35. The van der Waals surface area contributed by atoms with Gasteiger partial charge in [0.2, 0.25) is 0 Å². The molecule has 5 nitrogen and oxygen atoms in total. The van der Waals surface area contributed by atoms with Crippen molar-refractivity contribution in [1.82, 2.24) is 10.6 Å². The van der Waals surface area contributed by atoms with Crippen LogP contribution >= 0.6 is 0 Å². The minimum absolute atomic E-state index is 0.0807. The largest absolute Gasteiger partial charge is 0.444 e. The quantitative estimate of drug-likeness (QED) is 0.726. The van der Waals surface area contributed by atoms with Crippen LogP contribution in [-0.4, -0.2) is 42.8 Å². The number of alkyl carbamates (subject to hydrolysis) is 1. The van der Waals surface area contributed by atoms with E-state index in [1.54, 1.807) is 20.8 Å². The van der Waals surface area contributed by atoms with E-state index < -0.39 is 30.7 Å². The first kappa shape index (κ1) is 18.1. The van der Waals surface area contributed by atoms with Gasteiger partial charge in [-0.3, -0.25) is 0 Å². The Bertz CT molecular complexity index is 338. The topological polar surface area (TPSA) is 76.4 Å². The van der Waals surface area contributed by atoms with Crippen LogP contribution in [0.15, 0.2) is 0 Å². The van der Waals surface area contributed by atoms with E-state index in [9.17, 15) is 13.6 Å². The number of nitrogens with two attached hydrogens (primary N) is 1. The lowest BCUT2D eigenvalue weighted by Gasteiger charge is -2.28. The highest BCUT2D eigenvalue weighted by Gasteiger charge is 2.31. The Morgan fingerprint density at radius 3 is 2.29 bits per heavy atom. The molecule has 0 aliphatic heterocycles. The molecule has 4 N–H and O–H groups in total. The van der Waals surface area contributed by atoms with Crippen molar-refractivity contribution in [2.75, 3.05) is 13.1 Å². The Balaban J connectivity index is 2.25. The van der Waals surface area contributed by atoms with Gasteiger partial charge in [0.15, 0.2) is 0 Å². The minimum atomic E-state index is -3.00. The van der Waals surface area contributed by atoms with Crippen molar-refractivity contribution in [2.45, 2.75) is 70.1 Å². The molecule has 0 saturated heterocycles. The summed E-state index contributed by atoms with van der Waals surface area (Å²) in [5.74, 6) is -3.00. The third-order valence-electron chi connectivity index (χ3n) is 3.31. The average Bonchev–Trinajstić information content (AvgIpc) is 2.34. The van der Waals surface area contributed by atoms with Crippen LogP contribution in [0.5, 0.6) is 0 Å². The maximum atomic E-state index is 13.7. The van der Waals surface area contributed by atoms with E-state index >= 15 is 0 Å². The lowest BCUT2D eigenvalue weighted by atomic mass is 9.92. The summed E-state index contributed by atoms with van der Waals surface area (Å²) in [6, 6.07) is 0.273. The van der Waals surface area contributed by atoms with Crippen molar-refractivity contribution in [3.8, 4) is 0 Å². The van der Waals surface area contributed by atoms with E-state index in [-0.39, 0.29) is 12.1 Å². The van der Waals surface area contributed by atoms with Crippen LogP contribution in [0.3, 0.4) is 0 Å². The van der Waals surface area contributed by atoms with Crippen LogP contribution in [-0.2, 0) is 4.74 Å². The van der Waals surface area contributed by atoms with E-state index in [1.165, 1.54) is 0 Å². The van der Waals surface area contributed by atoms with Crippen LogP contribution in [0, 0.1) is 0 Å². The highest BCUT2D eigenvalue weighted by atomic mass is 19.3. The zero-order valence-corrected chi connectivity index (χ0v) is 13.0. The molecule has 21 heavy (non-hydrogen) atoms. The maximum Gasteiger partial charge on any atom is 0.407 e. The number of rotatable bonds is 5. The van der Waals surface area contributed by atoms with E-state index in [0.717, 1.165) is 25.7 Å². The van der Waals surface area contributed by atoms with Gasteiger partial charge in [-0.2, -0.15) is 0 Å². The van der Waals surface area contributed by atoms with Crippen LogP contribution in [0.1, 0.15) is 46.5 Å². The van der Waals surface area contributed by atoms with Crippen molar-refractivity contribution in [3.63, 3.8) is 0 Å².